The van der Waals surface area contributed by atoms with Gasteiger partial charge < -0.3 is 10.1 Å². The van der Waals surface area contributed by atoms with Crippen molar-refractivity contribution in [3.05, 3.63) is 35.4 Å². The van der Waals surface area contributed by atoms with E-state index < -0.39 is 0 Å². The van der Waals surface area contributed by atoms with Crippen molar-refractivity contribution in [2.75, 3.05) is 13.1 Å². The van der Waals surface area contributed by atoms with Gasteiger partial charge in [-0.15, -0.1) is 0 Å². The molecule has 1 saturated heterocycles. The lowest BCUT2D eigenvalue weighted by Gasteiger charge is -2.34. The van der Waals surface area contributed by atoms with Crippen molar-refractivity contribution in [2.24, 2.45) is 0 Å². The van der Waals surface area contributed by atoms with Crippen molar-refractivity contribution < 1.29 is 4.74 Å². The van der Waals surface area contributed by atoms with Crippen LogP contribution >= 0.6 is 0 Å². The molecule has 2 aliphatic rings. The number of piperidine rings is 1. The van der Waals surface area contributed by atoms with Crippen LogP contribution in [0.3, 0.4) is 0 Å². The lowest BCUT2D eigenvalue weighted by atomic mass is 9.86. The smallest absolute Gasteiger partial charge is 0.106 e. The van der Waals surface area contributed by atoms with Crippen molar-refractivity contribution in [3.8, 4) is 0 Å². The molecule has 1 N–H and O–H groups in total. The van der Waals surface area contributed by atoms with Gasteiger partial charge in [0.1, 0.15) is 5.60 Å². The fraction of sp³-hybridized carbons (Fsp3) is 0.500. The summed E-state index contributed by atoms with van der Waals surface area (Å²) in [5, 5.41) is 3.43. The zero-order chi connectivity index (χ0) is 9.43. The Labute approximate surface area is 84.3 Å². The summed E-state index contributed by atoms with van der Waals surface area (Å²) in [5.74, 6) is 0. The van der Waals surface area contributed by atoms with Gasteiger partial charge in [-0.3, -0.25) is 0 Å². The first kappa shape index (κ1) is 8.45. The summed E-state index contributed by atoms with van der Waals surface area (Å²) in [4.78, 5) is 0. The molecular weight excluding hydrogens is 174 g/mol. The second kappa shape index (κ2) is 3.07. The van der Waals surface area contributed by atoms with E-state index in [-0.39, 0.29) is 5.60 Å². The maximum Gasteiger partial charge on any atom is 0.106 e. The Morgan fingerprint density at radius 1 is 1.29 bits per heavy atom. The highest BCUT2D eigenvalue weighted by Gasteiger charge is 2.40. The van der Waals surface area contributed by atoms with Crippen LogP contribution in [0.25, 0.3) is 0 Å². The molecule has 1 spiro atoms. The maximum absolute atomic E-state index is 5.99. The predicted molar refractivity (Wildman–Crippen MR) is 55.0 cm³/mol. The number of hydrogen-bond acceptors (Lipinski definition) is 2. The van der Waals surface area contributed by atoms with Crippen LogP contribution in [0.2, 0.25) is 0 Å². The minimum Gasteiger partial charge on any atom is -0.364 e. The highest BCUT2D eigenvalue weighted by atomic mass is 16.5. The van der Waals surface area contributed by atoms with Gasteiger partial charge in [0.15, 0.2) is 0 Å². The Morgan fingerprint density at radius 2 is 2.21 bits per heavy atom. The quantitative estimate of drug-likeness (QED) is 0.672. The van der Waals surface area contributed by atoms with E-state index in [1.54, 1.807) is 0 Å². The Morgan fingerprint density at radius 3 is 3.07 bits per heavy atom. The second-order valence-electron chi connectivity index (χ2n) is 4.22. The van der Waals surface area contributed by atoms with Crippen LogP contribution < -0.4 is 5.32 Å². The van der Waals surface area contributed by atoms with E-state index in [1.807, 2.05) is 0 Å². The molecule has 0 amide bonds. The van der Waals surface area contributed by atoms with E-state index in [2.05, 4.69) is 29.6 Å². The van der Waals surface area contributed by atoms with Crippen LogP contribution in [0.4, 0.5) is 0 Å². The van der Waals surface area contributed by atoms with Gasteiger partial charge in [0.2, 0.25) is 0 Å². The van der Waals surface area contributed by atoms with Crippen LogP contribution in [0.15, 0.2) is 24.3 Å². The molecule has 0 radical (unpaired) electrons. The number of ether oxygens (including phenoxy) is 1. The van der Waals surface area contributed by atoms with E-state index in [0.29, 0.717) is 0 Å². The molecule has 0 aliphatic carbocycles. The maximum atomic E-state index is 5.99. The highest BCUT2D eigenvalue weighted by molar-refractivity contribution is 5.36. The molecule has 1 fully saturated rings. The van der Waals surface area contributed by atoms with Gasteiger partial charge in [0.05, 0.1) is 6.61 Å². The average molecular weight is 189 g/mol. The van der Waals surface area contributed by atoms with Crippen molar-refractivity contribution >= 4 is 0 Å². The first-order valence-electron chi connectivity index (χ1n) is 5.34. The third-order valence-electron chi connectivity index (χ3n) is 3.36. The molecule has 0 aromatic heterocycles. The largest absolute Gasteiger partial charge is 0.364 e. The molecule has 1 unspecified atom stereocenters. The summed E-state index contributed by atoms with van der Waals surface area (Å²) in [5.41, 5.74) is 2.78. The van der Waals surface area contributed by atoms with Crippen LogP contribution in [-0.2, 0) is 16.9 Å². The van der Waals surface area contributed by atoms with E-state index >= 15 is 0 Å². The summed E-state index contributed by atoms with van der Waals surface area (Å²) in [7, 11) is 0. The Hall–Kier alpha value is -0.860. The lowest BCUT2D eigenvalue weighted by molar-refractivity contribution is -0.0536. The van der Waals surface area contributed by atoms with E-state index in [9.17, 15) is 0 Å². The van der Waals surface area contributed by atoms with Crippen molar-refractivity contribution in [1.82, 2.24) is 5.32 Å². The Kier molecular flexibility index (Phi) is 1.85. The molecule has 2 heteroatoms. The van der Waals surface area contributed by atoms with Crippen molar-refractivity contribution in [3.63, 3.8) is 0 Å². The van der Waals surface area contributed by atoms with Crippen LogP contribution in [0, 0.1) is 0 Å². The van der Waals surface area contributed by atoms with Gasteiger partial charge in [-0.25, -0.2) is 0 Å². The minimum atomic E-state index is -0.00512. The molecule has 1 aromatic carbocycles. The summed E-state index contributed by atoms with van der Waals surface area (Å²) in [6.45, 7) is 2.90. The standard InChI is InChI=1S/C12H15NO/c1-2-5-11-10(4-1)8-14-12(11)6-3-7-13-9-12/h1-2,4-5,13H,3,6-9H2. The summed E-state index contributed by atoms with van der Waals surface area (Å²) < 4.78 is 5.99. The lowest BCUT2D eigenvalue weighted by Crippen LogP contribution is -2.43. The topological polar surface area (TPSA) is 21.3 Å². The molecule has 3 rings (SSSR count). The van der Waals surface area contributed by atoms with Gasteiger partial charge in [-0.1, -0.05) is 24.3 Å². The molecule has 0 bridgehead atoms. The van der Waals surface area contributed by atoms with Crippen LogP contribution in [-0.4, -0.2) is 13.1 Å². The first-order valence-corrected chi connectivity index (χ1v) is 5.34. The van der Waals surface area contributed by atoms with E-state index in [1.165, 1.54) is 17.5 Å². The molecule has 14 heavy (non-hydrogen) atoms. The SMILES string of the molecule is c1ccc2c(c1)COC21CCCNC1. The fourth-order valence-electron chi connectivity index (χ4n) is 2.62. The summed E-state index contributed by atoms with van der Waals surface area (Å²) in [6, 6.07) is 8.61. The number of nitrogens with one attached hydrogen (secondary N) is 1. The molecule has 74 valence electrons. The summed E-state index contributed by atoms with van der Waals surface area (Å²) in [6.07, 6.45) is 2.38. The third kappa shape index (κ3) is 1.11. The summed E-state index contributed by atoms with van der Waals surface area (Å²) >= 11 is 0. The third-order valence-corrected chi connectivity index (χ3v) is 3.36. The zero-order valence-corrected chi connectivity index (χ0v) is 8.25. The molecule has 2 aliphatic heterocycles. The van der Waals surface area contributed by atoms with Crippen LogP contribution in [0.1, 0.15) is 24.0 Å². The fourth-order valence-corrected chi connectivity index (χ4v) is 2.62. The molecule has 0 saturated carbocycles. The van der Waals surface area contributed by atoms with Gasteiger partial charge in [0, 0.05) is 6.54 Å². The van der Waals surface area contributed by atoms with E-state index in [0.717, 1.165) is 26.1 Å². The number of hydrogen-bond donors (Lipinski definition) is 1. The molecule has 2 nitrogen and oxygen atoms in total. The van der Waals surface area contributed by atoms with E-state index in [4.69, 9.17) is 4.74 Å². The van der Waals surface area contributed by atoms with Crippen LogP contribution in [0.5, 0.6) is 0 Å². The van der Waals surface area contributed by atoms with Crippen molar-refractivity contribution in [2.45, 2.75) is 25.0 Å². The normalized spacial score (nSPS) is 30.6. The van der Waals surface area contributed by atoms with Gasteiger partial charge >= 0.3 is 0 Å². The monoisotopic (exact) mass is 189 g/mol. The average Bonchev–Trinajstić information content (AvgIpc) is 2.60. The number of rotatable bonds is 0. The molecule has 1 atom stereocenters. The molecule has 1 aromatic rings. The Bertz CT molecular complexity index is 336. The minimum absolute atomic E-state index is 0.00512. The Balaban J connectivity index is 2.03. The first-order chi connectivity index (χ1) is 6.91. The highest BCUT2D eigenvalue weighted by Crippen LogP contribution is 2.40. The van der Waals surface area contributed by atoms with Gasteiger partial charge in [-0.2, -0.15) is 0 Å². The molecule has 2 heterocycles. The second-order valence-corrected chi connectivity index (χ2v) is 4.22. The molecular formula is C12H15NO. The zero-order valence-electron chi connectivity index (χ0n) is 8.25. The van der Waals surface area contributed by atoms with Gasteiger partial charge in [0.25, 0.3) is 0 Å². The van der Waals surface area contributed by atoms with Crippen molar-refractivity contribution in [1.29, 1.82) is 0 Å². The van der Waals surface area contributed by atoms with Gasteiger partial charge in [-0.05, 0) is 30.5 Å². The number of benzene rings is 1. The predicted octanol–water partition coefficient (Wildman–Crippen LogP) is 1.80. The number of fused-ring (bicyclic) bond motifs is 2.